The normalized spacial score (nSPS) is 10.6. The van der Waals surface area contributed by atoms with Crippen LogP contribution in [0.4, 0.5) is 0 Å². The second kappa shape index (κ2) is 7.01. The first-order valence-electron chi connectivity index (χ1n) is 5.88. The monoisotopic (exact) mass is 235 g/mol. The zero-order chi connectivity index (χ0) is 12.7. The maximum atomic E-state index is 11.5. The van der Waals surface area contributed by atoms with Crippen molar-refractivity contribution < 1.29 is 4.79 Å². The summed E-state index contributed by atoms with van der Waals surface area (Å²) in [6.07, 6.45) is 4.48. The van der Waals surface area contributed by atoms with E-state index in [4.69, 9.17) is 0 Å². The topological polar surface area (TPSA) is 36.4 Å². The molecule has 0 bridgehead atoms. The van der Waals surface area contributed by atoms with E-state index in [1.54, 1.807) is 13.1 Å². The number of amides is 1. The van der Waals surface area contributed by atoms with E-state index in [1.807, 2.05) is 37.3 Å². The molecule has 17 heavy (non-hydrogen) atoms. The summed E-state index contributed by atoms with van der Waals surface area (Å²) in [6.45, 7) is 4.06. The smallest absolute Gasteiger partial charge is 0.219 e. The molecule has 1 aromatic heterocycles. The van der Waals surface area contributed by atoms with Crippen molar-refractivity contribution >= 4 is 5.91 Å². The summed E-state index contributed by atoms with van der Waals surface area (Å²) in [6, 6.07) is 3.96. The van der Waals surface area contributed by atoms with Crippen LogP contribution in [-0.4, -0.2) is 54.4 Å². The Labute approximate surface area is 103 Å². The van der Waals surface area contributed by atoms with Crippen LogP contribution in [0.5, 0.6) is 0 Å². The number of pyridine rings is 1. The molecule has 0 radical (unpaired) electrons. The third-order valence-corrected chi connectivity index (χ3v) is 2.66. The Morgan fingerprint density at radius 1 is 1.29 bits per heavy atom. The number of rotatable bonds is 6. The zero-order valence-corrected chi connectivity index (χ0v) is 10.9. The summed E-state index contributed by atoms with van der Waals surface area (Å²) in [5.41, 5.74) is 1.17. The predicted molar refractivity (Wildman–Crippen MR) is 68.7 cm³/mol. The minimum absolute atomic E-state index is 0.135. The van der Waals surface area contributed by atoms with Gasteiger partial charge in [-0.2, -0.15) is 0 Å². The van der Waals surface area contributed by atoms with E-state index in [2.05, 4.69) is 9.88 Å². The summed E-state index contributed by atoms with van der Waals surface area (Å²) >= 11 is 0. The van der Waals surface area contributed by atoms with Gasteiger partial charge in [0.05, 0.1) is 0 Å². The van der Waals surface area contributed by atoms with Gasteiger partial charge < -0.3 is 9.80 Å². The standard InChI is InChI=1S/C13H21N3O/c1-12(17)16(10-9-15(2)3)8-6-13-5-4-7-14-11-13/h4-5,7,11H,6,8-10H2,1-3H3. The van der Waals surface area contributed by atoms with Crippen LogP contribution in [0.1, 0.15) is 12.5 Å². The highest BCUT2D eigenvalue weighted by Crippen LogP contribution is 2.00. The van der Waals surface area contributed by atoms with Gasteiger partial charge in [-0.1, -0.05) is 6.07 Å². The van der Waals surface area contributed by atoms with E-state index >= 15 is 0 Å². The lowest BCUT2D eigenvalue weighted by Gasteiger charge is -2.22. The van der Waals surface area contributed by atoms with Crippen molar-refractivity contribution in [2.75, 3.05) is 33.7 Å². The molecule has 4 heteroatoms. The third kappa shape index (κ3) is 5.45. The average molecular weight is 235 g/mol. The van der Waals surface area contributed by atoms with Gasteiger partial charge in [-0.15, -0.1) is 0 Å². The van der Waals surface area contributed by atoms with Crippen LogP contribution in [0.25, 0.3) is 0 Å². The van der Waals surface area contributed by atoms with Crippen LogP contribution in [-0.2, 0) is 11.2 Å². The Kier molecular flexibility index (Phi) is 5.63. The summed E-state index contributed by atoms with van der Waals surface area (Å²) in [4.78, 5) is 19.5. The molecule has 0 N–H and O–H groups in total. The highest BCUT2D eigenvalue weighted by atomic mass is 16.2. The molecule has 1 amide bonds. The van der Waals surface area contributed by atoms with E-state index in [0.29, 0.717) is 0 Å². The molecule has 94 valence electrons. The fraction of sp³-hybridized carbons (Fsp3) is 0.538. The molecule has 0 atom stereocenters. The van der Waals surface area contributed by atoms with Crippen LogP contribution in [0.3, 0.4) is 0 Å². The molecule has 0 aliphatic heterocycles. The largest absolute Gasteiger partial charge is 0.341 e. The van der Waals surface area contributed by atoms with Gasteiger partial charge in [-0.05, 0) is 32.1 Å². The zero-order valence-electron chi connectivity index (χ0n) is 10.9. The molecule has 0 aromatic carbocycles. The Hall–Kier alpha value is -1.42. The van der Waals surface area contributed by atoms with Crippen LogP contribution in [0, 0.1) is 0 Å². The Bertz CT molecular complexity index is 338. The van der Waals surface area contributed by atoms with E-state index in [0.717, 1.165) is 26.1 Å². The van der Waals surface area contributed by atoms with Crippen LogP contribution < -0.4 is 0 Å². The second-order valence-electron chi connectivity index (χ2n) is 4.42. The molecule has 0 unspecified atom stereocenters. The minimum Gasteiger partial charge on any atom is -0.341 e. The van der Waals surface area contributed by atoms with Crippen molar-refractivity contribution in [1.29, 1.82) is 0 Å². The molecule has 0 saturated carbocycles. The van der Waals surface area contributed by atoms with Gasteiger partial charge in [-0.25, -0.2) is 0 Å². The van der Waals surface area contributed by atoms with E-state index in [-0.39, 0.29) is 5.91 Å². The lowest BCUT2D eigenvalue weighted by atomic mass is 10.2. The maximum absolute atomic E-state index is 11.5. The quantitative estimate of drug-likeness (QED) is 0.739. The van der Waals surface area contributed by atoms with Gasteiger partial charge in [0.25, 0.3) is 0 Å². The van der Waals surface area contributed by atoms with Crippen molar-refractivity contribution in [1.82, 2.24) is 14.8 Å². The van der Waals surface area contributed by atoms with Gasteiger partial charge in [0, 0.05) is 39.0 Å². The molecule has 1 rings (SSSR count). The fourth-order valence-corrected chi connectivity index (χ4v) is 1.56. The van der Waals surface area contributed by atoms with Crippen molar-refractivity contribution in [2.24, 2.45) is 0 Å². The fourth-order valence-electron chi connectivity index (χ4n) is 1.56. The lowest BCUT2D eigenvalue weighted by molar-refractivity contribution is -0.128. The molecule has 1 aromatic rings. The van der Waals surface area contributed by atoms with E-state index in [9.17, 15) is 4.79 Å². The molecule has 0 fully saturated rings. The first kappa shape index (κ1) is 13.6. The molecular weight excluding hydrogens is 214 g/mol. The number of hydrogen-bond acceptors (Lipinski definition) is 3. The molecule has 0 spiro atoms. The Morgan fingerprint density at radius 2 is 2.06 bits per heavy atom. The van der Waals surface area contributed by atoms with Crippen LogP contribution >= 0.6 is 0 Å². The molecule has 0 aliphatic carbocycles. The highest BCUT2D eigenvalue weighted by molar-refractivity contribution is 5.73. The number of likely N-dealkylation sites (N-methyl/N-ethyl adjacent to an activating group) is 1. The first-order valence-corrected chi connectivity index (χ1v) is 5.88. The number of aromatic nitrogens is 1. The van der Waals surface area contributed by atoms with Crippen molar-refractivity contribution in [2.45, 2.75) is 13.3 Å². The summed E-state index contributed by atoms with van der Waals surface area (Å²) in [5.74, 6) is 0.135. The summed E-state index contributed by atoms with van der Waals surface area (Å²) in [7, 11) is 4.03. The van der Waals surface area contributed by atoms with E-state index < -0.39 is 0 Å². The Morgan fingerprint density at radius 3 is 2.59 bits per heavy atom. The first-order chi connectivity index (χ1) is 8.09. The highest BCUT2D eigenvalue weighted by Gasteiger charge is 2.08. The summed E-state index contributed by atoms with van der Waals surface area (Å²) in [5, 5.41) is 0. The van der Waals surface area contributed by atoms with Gasteiger partial charge in [0.15, 0.2) is 0 Å². The molecule has 0 saturated heterocycles. The van der Waals surface area contributed by atoms with Crippen LogP contribution in [0.15, 0.2) is 24.5 Å². The number of carbonyl (C=O) groups excluding carboxylic acids is 1. The van der Waals surface area contributed by atoms with Crippen molar-refractivity contribution in [3.05, 3.63) is 30.1 Å². The van der Waals surface area contributed by atoms with Gasteiger partial charge >= 0.3 is 0 Å². The van der Waals surface area contributed by atoms with Gasteiger partial charge in [-0.3, -0.25) is 9.78 Å². The van der Waals surface area contributed by atoms with Gasteiger partial charge in [0.1, 0.15) is 0 Å². The maximum Gasteiger partial charge on any atom is 0.219 e. The summed E-state index contributed by atoms with van der Waals surface area (Å²) < 4.78 is 0. The number of hydrogen-bond donors (Lipinski definition) is 0. The van der Waals surface area contributed by atoms with Gasteiger partial charge in [0.2, 0.25) is 5.91 Å². The predicted octanol–water partition coefficient (Wildman–Crippen LogP) is 1.03. The number of carbonyl (C=O) groups is 1. The third-order valence-electron chi connectivity index (χ3n) is 2.66. The second-order valence-corrected chi connectivity index (χ2v) is 4.42. The number of nitrogens with zero attached hydrogens (tertiary/aromatic N) is 3. The average Bonchev–Trinajstić information content (AvgIpc) is 2.29. The Balaban J connectivity index is 2.42. The molecule has 1 heterocycles. The lowest BCUT2D eigenvalue weighted by Crippen LogP contribution is -2.36. The molecular formula is C13H21N3O. The minimum atomic E-state index is 0.135. The van der Waals surface area contributed by atoms with E-state index in [1.165, 1.54) is 5.56 Å². The SMILES string of the molecule is CC(=O)N(CCc1cccnc1)CCN(C)C. The molecule has 0 aliphatic rings. The van der Waals surface area contributed by atoms with Crippen LogP contribution in [0.2, 0.25) is 0 Å². The molecule has 4 nitrogen and oxygen atoms in total. The van der Waals surface area contributed by atoms with Crippen molar-refractivity contribution in [3.8, 4) is 0 Å². The van der Waals surface area contributed by atoms with Crippen molar-refractivity contribution in [3.63, 3.8) is 0 Å².